The van der Waals surface area contributed by atoms with Gasteiger partial charge in [-0.15, -0.1) is 0 Å². The Bertz CT molecular complexity index is 447. The number of hydrogen-bond acceptors (Lipinski definition) is 5. The predicted octanol–water partition coefficient (Wildman–Crippen LogP) is 0.254. The zero-order chi connectivity index (χ0) is 18.4. The lowest BCUT2D eigenvalue weighted by molar-refractivity contribution is -0.140. The number of rotatable bonds is 4. The van der Waals surface area contributed by atoms with Crippen LogP contribution in [0.1, 0.15) is 32.6 Å². The Morgan fingerprint density at radius 3 is 1.85 bits per heavy atom. The second kappa shape index (κ2) is 9.67. The van der Waals surface area contributed by atoms with Crippen molar-refractivity contribution in [1.82, 2.24) is 19.6 Å². The molecule has 0 radical (unpaired) electrons. The molecule has 7 nitrogen and oxygen atoms in total. The molecule has 1 atom stereocenters. The highest BCUT2D eigenvalue weighted by Crippen LogP contribution is 2.11. The highest BCUT2D eigenvalue weighted by Gasteiger charge is 2.26. The molecule has 26 heavy (non-hydrogen) atoms. The molecule has 0 saturated carbocycles. The van der Waals surface area contributed by atoms with Gasteiger partial charge in [0.05, 0.1) is 25.8 Å². The zero-order valence-corrected chi connectivity index (χ0v) is 16.2. The lowest BCUT2D eigenvalue weighted by Gasteiger charge is -2.37. The van der Waals surface area contributed by atoms with Crippen LogP contribution in [-0.2, 0) is 14.3 Å². The standard InChI is InChI=1S/C19H34N4O3/c1-17-14-23(12-13-26-17)19(25)16-21-10-8-20(9-11-21)15-18(24)22-6-4-2-3-5-7-22/h17H,2-16H2,1H3. The van der Waals surface area contributed by atoms with Gasteiger partial charge in [0.25, 0.3) is 0 Å². The summed E-state index contributed by atoms with van der Waals surface area (Å²) in [7, 11) is 0. The highest BCUT2D eigenvalue weighted by atomic mass is 16.5. The Morgan fingerprint density at radius 1 is 0.769 bits per heavy atom. The fraction of sp³-hybridized carbons (Fsp3) is 0.895. The summed E-state index contributed by atoms with van der Waals surface area (Å²) in [4.78, 5) is 33.4. The van der Waals surface area contributed by atoms with Crippen molar-refractivity contribution in [3.63, 3.8) is 0 Å². The van der Waals surface area contributed by atoms with Gasteiger partial charge in [-0.25, -0.2) is 0 Å². The molecule has 0 N–H and O–H groups in total. The molecular formula is C19H34N4O3. The molecule has 7 heteroatoms. The third kappa shape index (κ3) is 5.66. The van der Waals surface area contributed by atoms with Crippen LogP contribution in [0.15, 0.2) is 0 Å². The topological polar surface area (TPSA) is 56.3 Å². The molecule has 0 spiro atoms. The molecule has 0 aromatic carbocycles. The van der Waals surface area contributed by atoms with Crippen LogP contribution in [0.5, 0.6) is 0 Å². The number of hydrogen-bond donors (Lipinski definition) is 0. The van der Waals surface area contributed by atoms with E-state index in [9.17, 15) is 9.59 Å². The third-order valence-electron chi connectivity index (χ3n) is 5.74. The number of piperazine rings is 1. The average molecular weight is 367 g/mol. The quantitative estimate of drug-likeness (QED) is 0.714. The van der Waals surface area contributed by atoms with Crippen LogP contribution in [0.25, 0.3) is 0 Å². The molecule has 148 valence electrons. The van der Waals surface area contributed by atoms with E-state index in [0.29, 0.717) is 32.8 Å². The van der Waals surface area contributed by atoms with Crippen molar-refractivity contribution >= 4 is 11.8 Å². The molecule has 3 fully saturated rings. The van der Waals surface area contributed by atoms with Crippen molar-refractivity contribution < 1.29 is 14.3 Å². The molecule has 2 amide bonds. The van der Waals surface area contributed by atoms with Gasteiger partial charge in [0.2, 0.25) is 11.8 Å². The summed E-state index contributed by atoms with van der Waals surface area (Å²) in [5.74, 6) is 0.480. The zero-order valence-electron chi connectivity index (χ0n) is 16.2. The smallest absolute Gasteiger partial charge is 0.236 e. The van der Waals surface area contributed by atoms with Gasteiger partial charge < -0.3 is 14.5 Å². The first-order chi connectivity index (χ1) is 12.6. The molecule has 0 aromatic rings. The van der Waals surface area contributed by atoms with Crippen LogP contribution in [0.4, 0.5) is 0 Å². The Hall–Kier alpha value is -1.18. The normalized spacial score (nSPS) is 26.6. The van der Waals surface area contributed by atoms with Gasteiger partial charge in [0, 0.05) is 52.4 Å². The van der Waals surface area contributed by atoms with Crippen LogP contribution in [0.3, 0.4) is 0 Å². The van der Waals surface area contributed by atoms with Crippen molar-refractivity contribution in [2.24, 2.45) is 0 Å². The predicted molar refractivity (Wildman–Crippen MR) is 99.9 cm³/mol. The number of morpholine rings is 1. The summed E-state index contributed by atoms with van der Waals surface area (Å²) >= 11 is 0. The summed E-state index contributed by atoms with van der Waals surface area (Å²) in [6.07, 6.45) is 4.91. The minimum atomic E-state index is 0.134. The third-order valence-corrected chi connectivity index (χ3v) is 5.74. The molecule has 0 bridgehead atoms. The lowest BCUT2D eigenvalue weighted by Crippen LogP contribution is -2.53. The maximum atomic E-state index is 12.5. The first-order valence-electron chi connectivity index (χ1n) is 10.2. The molecule has 3 aliphatic rings. The Labute approximate surface area is 157 Å². The maximum Gasteiger partial charge on any atom is 0.236 e. The van der Waals surface area contributed by atoms with E-state index >= 15 is 0 Å². The molecular weight excluding hydrogens is 332 g/mol. The van der Waals surface area contributed by atoms with Crippen LogP contribution >= 0.6 is 0 Å². The van der Waals surface area contributed by atoms with Gasteiger partial charge in [-0.3, -0.25) is 19.4 Å². The van der Waals surface area contributed by atoms with E-state index < -0.39 is 0 Å². The second-order valence-electron chi connectivity index (χ2n) is 7.87. The minimum Gasteiger partial charge on any atom is -0.375 e. The molecule has 3 rings (SSSR count). The summed E-state index contributed by atoms with van der Waals surface area (Å²) in [5, 5.41) is 0. The first kappa shape index (κ1) is 19.6. The van der Waals surface area contributed by atoms with Crippen LogP contribution in [0, 0.1) is 0 Å². The first-order valence-corrected chi connectivity index (χ1v) is 10.2. The second-order valence-corrected chi connectivity index (χ2v) is 7.87. The van der Waals surface area contributed by atoms with Gasteiger partial charge in [-0.05, 0) is 19.8 Å². The van der Waals surface area contributed by atoms with Crippen molar-refractivity contribution in [3.05, 3.63) is 0 Å². The molecule has 1 unspecified atom stereocenters. The molecule has 3 saturated heterocycles. The SMILES string of the molecule is CC1CN(C(=O)CN2CCN(CC(=O)N3CCCCCC3)CC2)CCO1. The van der Waals surface area contributed by atoms with Gasteiger partial charge in [0.1, 0.15) is 0 Å². The fourth-order valence-electron chi connectivity index (χ4n) is 4.05. The monoisotopic (exact) mass is 366 g/mol. The van der Waals surface area contributed by atoms with Gasteiger partial charge in [-0.1, -0.05) is 12.8 Å². The van der Waals surface area contributed by atoms with Gasteiger partial charge >= 0.3 is 0 Å². The van der Waals surface area contributed by atoms with Gasteiger partial charge in [-0.2, -0.15) is 0 Å². The van der Waals surface area contributed by atoms with E-state index in [-0.39, 0.29) is 17.9 Å². The largest absolute Gasteiger partial charge is 0.375 e. The molecule has 3 aliphatic heterocycles. The van der Waals surface area contributed by atoms with E-state index in [1.807, 2.05) is 16.7 Å². The Morgan fingerprint density at radius 2 is 1.31 bits per heavy atom. The molecule has 0 aromatic heterocycles. The summed E-state index contributed by atoms with van der Waals surface area (Å²) in [5.41, 5.74) is 0. The summed E-state index contributed by atoms with van der Waals surface area (Å²) in [6.45, 7) is 10.4. The van der Waals surface area contributed by atoms with Crippen molar-refractivity contribution in [1.29, 1.82) is 0 Å². The van der Waals surface area contributed by atoms with E-state index in [1.54, 1.807) is 0 Å². The number of ether oxygens (including phenoxy) is 1. The van der Waals surface area contributed by atoms with E-state index in [0.717, 1.165) is 52.1 Å². The number of carbonyl (C=O) groups is 2. The maximum absolute atomic E-state index is 12.5. The number of carbonyl (C=O) groups excluding carboxylic acids is 2. The van der Waals surface area contributed by atoms with Gasteiger partial charge in [0.15, 0.2) is 0 Å². The highest BCUT2D eigenvalue weighted by molar-refractivity contribution is 5.79. The van der Waals surface area contributed by atoms with Crippen molar-refractivity contribution in [2.75, 3.05) is 72.1 Å². The van der Waals surface area contributed by atoms with Crippen LogP contribution in [0.2, 0.25) is 0 Å². The minimum absolute atomic E-state index is 0.134. The molecule has 3 heterocycles. The molecule has 0 aliphatic carbocycles. The number of likely N-dealkylation sites (tertiary alicyclic amines) is 1. The van der Waals surface area contributed by atoms with E-state index in [1.165, 1.54) is 12.8 Å². The van der Waals surface area contributed by atoms with E-state index in [4.69, 9.17) is 4.74 Å². The van der Waals surface area contributed by atoms with Crippen LogP contribution in [-0.4, -0.2) is 110 Å². The summed E-state index contributed by atoms with van der Waals surface area (Å²) in [6, 6.07) is 0. The van der Waals surface area contributed by atoms with E-state index in [2.05, 4.69) is 9.80 Å². The lowest BCUT2D eigenvalue weighted by atomic mass is 10.2. The van der Waals surface area contributed by atoms with Crippen molar-refractivity contribution in [2.45, 2.75) is 38.7 Å². The van der Waals surface area contributed by atoms with Crippen molar-refractivity contribution in [3.8, 4) is 0 Å². The fourth-order valence-corrected chi connectivity index (χ4v) is 4.05. The average Bonchev–Trinajstić information content (AvgIpc) is 2.93. The Kier molecular flexibility index (Phi) is 7.28. The number of amides is 2. The van der Waals surface area contributed by atoms with Crippen LogP contribution < -0.4 is 0 Å². The Balaban J connectivity index is 1.37. The number of nitrogens with zero attached hydrogens (tertiary/aromatic N) is 4. The summed E-state index contributed by atoms with van der Waals surface area (Å²) < 4.78 is 5.51.